The fraction of sp³-hybridized carbons (Fsp3) is 0.200. The first kappa shape index (κ1) is 17.4. The minimum Gasteiger partial charge on any atom is -0.392 e. The zero-order valence-electron chi connectivity index (χ0n) is 15.3. The van der Waals surface area contributed by atoms with Gasteiger partial charge in [-0.2, -0.15) is 9.61 Å². The van der Waals surface area contributed by atoms with Crippen LogP contribution in [0.3, 0.4) is 0 Å². The number of nitrogens with zero attached hydrogens (tertiary/aromatic N) is 3. The second kappa shape index (κ2) is 6.71. The van der Waals surface area contributed by atoms with Crippen LogP contribution in [0.25, 0.3) is 23.0 Å². The van der Waals surface area contributed by atoms with Crippen LogP contribution in [-0.2, 0) is 11.4 Å². The van der Waals surface area contributed by atoms with E-state index in [1.807, 2.05) is 30.3 Å². The molecule has 0 spiro atoms. The Balaban J connectivity index is 1.65. The van der Waals surface area contributed by atoms with Gasteiger partial charge in [-0.3, -0.25) is 10.1 Å². The molecule has 3 amide bonds. The summed E-state index contributed by atoms with van der Waals surface area (Å²) in [5, 5.41) is 22.0. The molecule has 1 aliphatic carbocycles. The van der Waals surface area contributed by atoms with Crippen molar-refractivity contribution < 1.29 is 14.7 Å². The van der Waals surface area contributed by atoms with E-state index in [1.54, 1.807) is 16.8 Å². The lowest BCUT2D eigenvalue weighted by Gasteiger charge is -2.11. The molecule has 0 unspecified atom stereocenters. The number of fused-ring (bicyclic) bond motifs is 1. The van der Waals surface area contributed by atoms with Crippen molar-refractivity contribution in [2.75, 3.05) is 5.32 Å². The molecule has 2 aromatic heterocycles. The van der Waals surface area contributed by atoms with Crippen molar-refractivity contribution in [3.8, 4) is 11.3 Å². The second-order valence-electron chi connectivity index (χ2n) is 7.11. The maximum Gasteiger partial charge on any atom is 0.326 e. The first-order chi connectivity index (χ1) is 14.1. The first-order valence-electron chi connectivity index (χ1n) is 9.30. The molecule has 1 saturated heterocycles. The van der Waals surface area contributed by atoms with Gasteiger partial charge in [0.2, 0.25) is 0 Å². The van der Waals surface area contributed by atoms with Gasteiger partial charge >= 0.3 is 6.03 Å². The number of carbonyl (C=O) groups is 2. The van der Waals surface area contributed by atoms with E-state index in [2.05, 4.69) is 21.0 Å². The summed E-state index contributed by atoms with van der Waals surface area (Å²) >= 11 is 0. The largest absolute Gasteiger partial charge is 0.392 e. The van der Waals surface area contributed by atoms with E-state index in [0.29, 0.717) is 17.3 Å². The number of anilines is 1. The van der Waals surface area contributed by atoms with Gasteiger partial charge in [-0.25, -0.2) is 9.78 Å². The number of urea groups is 1. The Bertz CT molecular complexity index is 1180. The number of hydrogen-bond donors (Lipinski definition) is 4. The molecule has 3 heterocycles. The Hall–Kier alpha value is -3.72. The Labute approximate surface area is 165 Å². The van der Waals surface area contributed by atoms with E-state index in [1.165, 1.54) is 0 Å². The second-order valence-corrected chi connectivity index (χ2v) is 7.11. The van der Waals surface area contributed by atoms with Crippen molar-refractivity contribution in [3.05, 3.63) is 53.4 Å². The van der Waals surface area contributed by atoms with Crippen molar-refractivity contribution in [3.63, 3.8) is 0 Å². The summed E-state index contributed by atoms with van der Waals surface area (Å²) in [4.78, 5) is 28.0. The van der Waals surface area contributed by atoms with E-state index in [0.717, 1.165) is 35.5 Å². The highest BCUT2D eigenvalue weighted by atomic mass is 16.3. The van der Waals surface area contributed by atoms with Crippen LogP contribution in [0.4, 0.5) is 10.6 Å². The van der Waals surface area contributed by atoms with Crippen LogP contribution < -0.4 is 16.0 Å². The van der Waals surface area contributed by atoms with E-state index in [4.69, 9.17) is 4.98 Å². The van der Waals surface area contributed by atoms with Crippen LogP contribution in [0, 0.1) is 0 Å². The first-order valence-corrected chi connectivity index (χ1v) is 9.30. The van der Waals surface area contributed by atoms with Gasteiger partial charge in [0.1, 0.15) is 11.5 Å². The molecule has 3 aromatic rings. The summed E-state index contributed by atoms with van der Waals surface area (Å²) in [7, 11) is 0. The number of nitrogens with one attached hydrogen (secondary N) is 3. The molecule has 1 aromatic carbocycles. The average molecular weight is 390 g/mol. The van der Waals surface area contributed by atoms with Crippen molar-refractivity contribution in [1.82, 2.24) is 25.2 Å². The smallest absolute Gasteiger partial charge is 0.326 e. The number of rotatable bonds is 5. The van der Waals surface area contributed by atoms with Gasteiger partial charge in [-0.1, -0.05) is 18.2 Å². The van der Waals surface area contributed by atoms with Crippen molar-refractivity contribution in [1.29, 1.82) is 0 Å². The standard InChI is InChI=1S/C20H18N6O3/c27-10-11-2-1-3-12(6-11)15-8-17(22-14-4-5-14)26-18(23-15)13(9-21-26)7-16-19(28)25-20(29)24-16/h1-3,6-9,14,22,27H,4-5,10H2,(H2,24,25,28,29). The van der Waals surface area contributed by atoms with Crippen LogP contribution in [0.1, 0.15) is 24.0 Å². The van der Waals surface area contributed by atoms with Crippen LogP contribution >= 0.6 is 0 Å². The SMILES string of the molecule is O=C1NC(=O)C(=Cc2cnn3c(NC4CC4)cc(-c4cccc(CO)c4)nc23)N1. The molecule has 0 atom stereocenters. The molecule has 1 aliphatic heterocycles. The third kappa shape index (κ3) is 3.32. The van der Waals surface area contributed by atoms with Crippen LogP contribution in [0.15, 0.2) is 42.2 Å². The number of amides is 3. The van der Waals surface area contributed by atoms with Crippen molar-refractivity contribution in [2.24, 2.45) is 0 Å². The highest BCUT2D eigenvalue weighted by Crippen LogP contribution is 2.29. The van der Waals surface area contributed by atoms with Gasteiger partial charge in [-0.15, -0.1) is 0 Å². The van der Waals surface area contributed by atoms with Gasteiger partial charge < -0.3 is 15.7 Å². The topological polar surface area (TPSA) is 121 Å². The monoisotopic (exact) mass is 390 g/mol. The maximum atomic E-state index is 11.9. The van der Waals surface area contributed by atoms with E-state index in [9.17, 15) is 14.7 Å². The zero-order valence-corrected chi connectivity index (χ0v) is 15.3. The summed E-state index contributed by atoms with van der Waals surface area (Å²) in [6.45, 7) is -0.0535. The van der Waals surface area contributed by atoms with Crippen LogP contribution in [-0.4, -0.2) is 37.7 Å². The van der Waals surface area contributed by atoms with E-state index < -0.39 is 11.9 Å². The Kier molecular flexibility index (Phi) is 4.02. The summed E-state index contributed by atoms with van der Waals surface area (Å²) in [6, 6.07) is 9.32. The molecule has 4 N–H and O–H groups in total. The Morgan fingerprint density at radius 3 is 2.83 bits per heavy atom. The third-order valence-electron chi connectivity index (χ3n) is 4.85. The predicted molar refractivity (Wildman–Crippen MR) is 106 cm³/mol. The van der Waals surface area contributed by atoms with Crippen LogP contribution in [0.2, 0.25) is 0 Å². The number of aliphatic hydroxyl groups excluding tert-OH is 1. The lowest BCUT2D eigenvalue weighted by molar-refractivity contribution is -0.115. The molecule has 0 bridgehead atoms. The molecular formula is C20H18N6O3. The highest BCUT2D eigenvalue weighted by Gasteiger charge is 2.25. The number of hydrogen-bond acceptors (Lipinski definition) is 6. The maximum absolute atomic E-state index is 11.9. The van der Waals surface area contributed by atoms with E-state index in [-0.39, 0.29) is 12.3 Å². The van der Waals surface area contributed by atoms with Crippen LogP contribution in [0.5, 0.6) is 0 Å². The quantitative estimate of drug-likeness (QED) is 0.388. The molecule has 9 heteroatoms. The average Bonchev–Trinajstić information content (AvgIpc) is 3.36. The summed E-state index contributed by atoms with van der Waals surface area (Å²) in [5.74, 6) is 0.309. The predicted octanol–water partition coefficient (Wildman–Crippen LogP) is 1.64. The molecule has 29 heavy (non-hydrogen) atoms. The molecule has 146 valence electrons. The number of imide groups is 1. The Morgan fingerprint density at radius 2 is 2.10 bits per heavy atom. The fourth-order valence-electron chi connectivity index (χ4n) is 3.24. The normalized spacial score (nSPS) is 17.6. The third-order valence-corrected chi connectivity index (χ3v) is 4.85. The van der Waals surface area contributed by atoms with Crippen molar-refractivity contribution >= 4 is 29.5 Å². The number of benzene rings is 1. The van der Waals surface area contributed by atoms with E-state index >= 15 is 0 Å². The molecule has 0 radical (unpaired) electrons. The van der Waals surface area contributed by atoms with Gasteiger partial charge in [0.05, 0.1) is 18.5 Å². The summed E-state index contributed by atoms with van der Waals surface area (Å²) in [5.41, 5.74) is 3.69. The number of aromatic nitrogens is 3. The summed E-state index contributed by atoms with van der Waals surface area (Å²) < 4.78 is 1.69. The van der Waals surface area contributed by atoms with Gasteiger partial charge in [0, 0.05) is 23.2 Å². The van der Waals surface area contributed by atoms with Gasteiger partial charge in [0.15, 0.2) is 5.65 Å². The minimum absolute atomic E-state index is 0.0535. The molecule has 1 saturated carbocycles. The lowest BCUT2D eigenvalue weighted by Crippen LogP contribution is -2.22. The van der Waals surface area contributed by atoms with Gasteiger partial charge in [0.25, 0.3) is 5.91 Å². The summed E-state index contributed by atoms with van der Waals surface area (Å²) in [6.07, 6.45) is 5.37. The number of carbonyl (C=O) groups excluding carboxylic acids is 2. The minimum atomic E-state index is -0.553. The fourth-order valence-corrected chi connectivity index (χ4v) is 3.24. The molecular weight excluding hydrogens is 372 g/mol. The molecule has 2 aliphatic rings. The van der Waals surface area contributed by atoms with Gasteiger partial charge in [-0.05, 0) is 30.5 Å². The number of aliphatic hydroxyl groups is 1. The molecule has 5 rings (SSSR count). The van der Waals surface area contributed by atoms with Crippen molar-refractivity contribution in [2.45, 2.75) is 25.5 Å². The highest BCUT2D eigenvalue weighted by molar-refractivity contribution is 6.14. The lowest BCUT2D eigenvalue weighted by atomic mass is 10.1. The Morgan fingerprint density at radius 1 is 1.24 bits per heavy atom. The molecule has 2 fully saturated rings. The molecule has 9 nitrogen and oxygen atoms in total. The zero-order chi connectivity index (χ0) is 20.0.